The highest BCUT2D eigenvalue weighted by atomic mass is 35.5. The zero-order chi connectivity index (χ0) is 19.9. The number of benzene rings is 2. The van der Waals surface area contributed by atoms with Gasteiger partial charge in [0.2, 0.25) is 0 Å². The summed E-state index contributed by atoms with van der Waals surface area (Å²) in [7, 11) is 0. The molecule has 2 N–H and O–H groups in total. The molecule has 7 heteroatoms. The van der Waals surface area contributed by atoms with E-state index in [1.54, 1.807) is 54.8 Å². The number of para-hydroxylation sites is 1. The Kier molecular flexibility index (Phi) is 6.34. The van der Waals surface area contributed by atoms with E-state index < -0.39 is 18.5 Å². The predicted molar refractivity (Wildman–Crippen MR) is 108 cm³/mol. The largest absolute Gasteiger partial charge is 0.467 e. The summed E-state index contributed by atoms with van der Waals surface area (Å²) >= 11 is 5.94. The number of halogens is 1. The topological polar surface area (TPSA) is 80.6 Å². The van der Waals surface area contributed by atoms with Crippen LogP contribution >= 0.6 is 11.6 Å². The van der Waals surface area contributed by atoms with Crippen LogP contribution in [0.5, 0.6) is 0 Å². The molecule has 0 spiro atoms. The molecule has 1 heterocycles. The summed E-state index contributed by atoms with van der Waals surface area (Å²) in [5, 5.41) is 6.32. The fraction of sp³-hybridized carbons (Fsp3) is 0.143. The number of ether oxygens (including phenoxy) is 1. The van der Waals surface area contributed by atoms with Crippen LogP contribution in [0.2, 0.25) is 5.02 Å². The molecule has 0 bridgehead atoms. The molecule has 0 atom stereocenters. The number of esters is 1. The van der Waals surface area contributed by atoms with Crippen molar-refractivity contribution in [2.75, 3.05) is 17.2 Å². The molecular weight excluding hydrogens is 380 g/mol. The van der Waals surface area contributed by atoms with Crippen LogP contribution in [0.4, 0.5) is 11.4 Å². The molecule has 0 saturated heterocycles. The molecular formula is C21H19ClN2O4. The minimum Gasteiger partial charge on any atom is -0.467 e. The zero-order valence-corrected chi connectivity index (χ0v) is 16.0. The van der Waals surface area contributed by atoms with Gasteiger partial charge in [-0.3, -0.25) is 4.79 Å². The second-order valence-electron chi connectivity index (χ2n) is 6.06. The Balaban J connectivity index is 1.58. The quantitative estimate of drug-likeness (QED) is 0.566. The lowest BCUT2D eigenvalue weighted by molar-refractivity contribution is -0.119. The van der Waals surface area contributed by atoms with Gasteiger partial charge in [0, 0.05) is 16.4 Å². The van der Waals surface area contributed by atoms with Crippen molar-refractivity contribution in [1.29, 1.82) is 0 Å². The van der Waals surface area contributed by atoms with E-state index in [2.05, 4.69) is 10.6 Å². The highest BCUT2D eigenvalue weighted by Crippen LogP contribution is 2.20. The molecule has 6 nitrogen and oxygen atoms in total. The summed E-state index contributed by atoms with van der Waals surface area (Å²) in [5.41, 5.74) is 2.36. The molecule has 0 aliphatic carbocycles. The van der Waals surface area contributed by atoms with Gasteiger partial charge in [-0.15, -0.1) is 0 Å². The lowest BCUT2D eigenvalue weighted by Gasteiger charge is -2.12. The lowest BCUT2D eigenvalue weighted by Crippen LogP contribution is -2.21. The maximum Gasteiger partial charge on any atom is 0.340 e. The molecule has 0 saturated carbocycles. The SMILES string of the molecule is Cc1ccc(Cl)cc1NC(=O)COC(=O)c1ccccc1NCc1ccco1. The number of rotatable bonds is 7. The van der Waals surface area contributed by atoms with Crippen molar-refractivity contribution in [3.63, 3.8) is 0 Å². The van der Waals surface area contributed by atoms with Crippen LogP contribution in [-0.2, 0) is 16.1 Å². The van der Waals surface area contributed by atoms with Crippen molar-refractivity contribution in [2.24, 2.45) is 0 Å². The maximum absolute atomic E-state index is 12.4. The summed E-state index contributed by atoms with van der Waals surface area (Å²) in [5.74, 6) is -0.306. The third-order valence-corrected chi connectivity index (χ3v) is 4.22. The Morgan fingerprint density at radius 3 is 2.68 bits per heavy atom. The molecule has 2 aromatic carbocycles. The highest BCUT2D eigenvalue weighted by molar-refractivity contribution is 6.31. The second kappa shape index (κ2) is 9.10. The van der Waals surface area contributed by atoms with E-state index in [4.69, 9.17) is 20.8 Å². The van der Waals surface area contributed by atoms with E-state index >= 15 is 0 Å². The average molecular weight is 399 g/mol. The van der Waals surface area contributed by atoms with Crippen LogP contribution in [0.1, 0.15) is 21.7 Å². The van der Waals surface area contributed by atoms with Crippen molar-refractivity contribution < 1.29 is 18.7 Å². The van der Waals surface area contributed by atoms with E-state index in [-0.39, 0.29) is 0 Å². The van der Waals surface area contributed by atoms with Gasteiger partial charge in [-0.25, -0.2) is 4.79 Å². The molecule has 144 valence electrons. The minimum atomic E-state index is -0.597. The Hall–Kier alpha value is -3.25. The molecule has 0 fully saturated rings. The normalized spacial score (nSPS) is 10.4. The van der Waals surface area contributed by atoms with Gasteiger partial charge in [-0.05, 0) is 48.9 Å². The van der Waals surface area contributed by atoms with E-state index in [0.717, 1.165) is 11.3 Å². The van der Waals surface area contributed by atoms with Crippen LogP contribution in [0.15, 0.2) is 65.3 Å². The number of anilines is 2. The Morgan fingerprint density at radius 1 is 1.07 bits per heavy atom. The summed E-state index contributed by atoms with van der Waals surface area (Å²) < 4.78 is 10.4. The van der Waals surface area contributed by atoms with Gasteiger partial charge in [-0.2, -0.15) is 0 Å². The minimum absolute atomic E-state index is 0.334. The Labute approximate surface area is 167 Å². The number of amides is 1. The fourth-order valence-corrected chi connectivity index (χ4v) is 2.71. The van der Waals surface area contributed by atoms with Crippen LogP contribution in [0.3, 0.4) is 0 Å². The molecule has 0 radical (unpaired) electrons. The number of hydrogen-bond donors (Lipinski definition) is 2. The third kappa shape index (κ3) is 5.14. The summed E-state index contributed by atoms with van der Waals surface area (Å²) in [4.78, 5) is 24.5. The van der Waals surface area contributed by atoms with E-state index in [1.165, 1.54) is 0 Å². The number of furan rings is 1. The number of hydrogen-bond acceptors (Lipinski definition) is 5. The molecule has 1 amide bonds. The Morgan fingerprint density at radius 2 is 1.89 bits per heavy atom. The first-order chi connectivity index (χ1) is 13.5. The van der Waals surface area contributed by atoms with Gasteiger partial charge in [0.05, 0.1) is 18.4 Å². The van der Waals surface area contributed by atoms with Gasteiger partial charge in [0.15, 0.2) is 6.61 Å². The predicted octanol–water partition coefficient (Wildman–Crippen LogP) is 4.65. The molecule has 3 rings (SSSR count). The van der Waals surface area contributed by atoms with Crippen molar-refractivity contribution in [3.05, 3.63) is 82.8 Å². The van der Waals surface area contributed by atoms with E-state index in [9.17, 15) is 9.59 Å². The Bertz CT molecular complexity index is 970. The summed E-state index contributed by atoms with van der Waals surface area (Å²) in [6, 6.07) is 15.7. The summed E-state index contributed by atoms with van der Waals surface area (Å²) in [6.07, 6.45) is 1.58. The van der Waals surface area contributed by atoms with Gasteiger partial charge < -0.3 is 19.8 Å². The number of nitrogens with one attached hydrogen (secondary N) is 2. The van der Waals surface area contributed by atoms with Crippen molar-refractivity contribution >= 4 is 34.9 Å². The zero-order valence-electron chi connectivity index (χ0n) is 15.2. The highest BCUT2D eigenvalue weighted by Gasteiger charge is 2.15. The molecule has 0 aliphatic heterocycles. The van der Waals surface area contributed by atoms with Gasteiger partial charge >= 0.3 is 5.97 Å². The smallest absolute Gasteiger partial charge is 0.340 e. The lowest BCUT2D eigenvalue weighted by atomic mass is 10.2. The number of aryl methyl sites for hydroxylation is 1. The summed E-state index contributed by atoms with van der Waals surface area (Å²) in [6.45, 7) is 1.86. The third-order valence-electron chi connectivity index (χ3n) is 3.99. The van der Waals surface area contributed by atoms with Crippen molar-refractivity contribution in [2.45, 2.75) is 13.5 Å². The van der Waals surface area contributed by atoms with Crippen LogP contribution in [-0.4, -0.2) is 18.5 Å². The van der Waals surface area contributed by atoms with Crippen molar-refractivity contribution in [3.8, 4) is 0 Å². The van der Waals surface area contributed by atoms with E-state index in [1.807, 2.05) is 13.0 Å². The maximum atomic E-state index is 12.4. The molecule has 0 aliphatic rings. The first kappa shape index (κ1) is 19.5. The van der Waals surface area contributed by atoms with Crippen LogP contribution in [0.25, 0.3) is 0 Å². The van der Waals surface area contributed by atoms with Gasteiger partial charge in [0.25, 0.3) is 5.91 Å². The molecule has 28 heavy (non-hydrogen) atoms. The monoisotopic (exact) mass is 398 g/mol. The number of carbonyl (C=O) groups excluding carboxylic acids is 2. The first-order valence-corrected chi connectivity index (χ1v) is 8.99. The second-order valence-corrected chi connectivity index (χ2v) is 6.50. The van der Waals surface area contributed by atoms with Crippen molar-refractivity contribution in [1.82, 2.24) is 0 Å². The van der Waals surface area contributed by atoms with Crippen LogP contribution < -0.4 is 10.6 Å². The average Bonchev–Trinajstić information content (AvgIpc) is 3.21. The number of carbonyl (C=O) groups is 2. The fourth-order valence-electron chi connectivity index (χ4n) is 2.53. The standard InChI is InChI=1S/C21H19ClN2O4/c1-14-8-9-15(22)11-19(14)24-20(25)13-28-21(26)17-6-2-3-7-18(17)23-12-16-5-4-10-27-16/h2-11,23H,12-13H2,1H3,(H,24,25). The molecule has 1 aromatic heterocycles. The van der Waals surface area contributed by atoms with Gasteiger partial charge in [-0.1, -0.05) is 29.8 Å². The van der Waals surface area contributed by atoms with Crippen LogP contribution in [0, 0.1) is 6.92 Å². The molecule has 3 aromatic rings. The first-order valence-electron chi connectivity index (χ1n) is 8.61. The van der Waals surface area contributed by atoms with Gasteiger partial charge in [0.1, 0.15) is 5.76 Å². The molecule has 0 unspecified atom stereocenters. The van der Waals surface area contributed by atoms with E-state index in [0.29, 0.717) is 28.5 Å².